The Morgan fingerprint density at radius 3 is 1.76 bits per heavy atom. The van der Waals surface area contributed by atoms with Gasteiger partial charge < -0.3 is 17.0 Å². The second kappa shape index (κ2) is 5.45. The molecule has 0 bridgehead atoms. The number of halogens is 3. The van der Waals surface area contributed by atoms with Crippen molar-refractivity contribution < 1.29 is 17.0 Å². The first kappa shape index (κ1) is 13.6. The molecule has 0 spiro atoms. The fourth-order valence-electron chi connectivity index (χ4n) is 1.57. The van der Waals surface area contributed by atoms with Gasteiger partial charge in [-0.2, -0.15) is 0 Å². The summed E-state index contributed by atoms with van der Waals surface area (Å²) in [6.07, 6.45) is 0. The Labute approximate surface area is 132 Å². The molecule has 1 nitrogen and oxygen atoms in total. The SMILES string of the molecule is Brc1ccc2nc3ccc(Br)cc3[se+]c2c1.[Br-]. The van der Waals surface area contributed by atoms with E-state index in [4.69, 9.17) is 0 Å². The normalized spacial score (nSPS) is 10.5. The molecule has 17 heavy (non-hydrogen) atoms. The number of aromatic nitrogens is 1. The summed E-state index contributed by atoms with van der Waals surface area (Å²) in [6.45, 7) is 0. The third-order valence-corrected chi connectivity index (χ3v) is 5.59. The Hall–Kier alpha value is 0.199. The first-order chi connectivity index (χ1) is 7.72. The fourth-order valence-corrected chi connectivity index (χ4v) is 5.17. The summed E-state index contributed by atoms with van der Waals surface area (Å²) in [4.78, 5) is 4.67. The molecular formula is C12H6Br3NSe. The van der Waals surface area contributed by atoms with Gasteiger partial charge in [0.1, 0.15) is 0 Å². The molecule has 5 heteroatoms. The van der Waals surface area contributed by atoms with E-state index in [0.717, 1.165) is 20.0 Å². The smallest absolute Gasteiger partial charge is 1.00 e. The van der Waals surface area contributed by atoms with Crippen molar-refractivity contribution in [3.63, 3.8) is 0 Å². The average Bonchev–Trinajstić information content (AvgIpc) is 2.26. The van der Waals surface area contributed by atoms with Crippen LogP contribution in [0.3, 0.4) is 0 Å². The maximum absolute atomic E-state index is 4.67. The Bertz CT molecular complexity index is 643. The van der Waals surface area contributed by atoms with E-state index in [1.165, 1.54) is 8.52 Å². The summed E-state index contributed by atoms with van der Waals surface area (Å²) < 4.78 is 4.93. The predicted molar refractivity (Wildman–Crippen MR) is 76.0 cm³/mol. The monoisotopic (exact) mass is 481 g/mol. The quantitative estimate of drug-likeness (QED) is 0.347. The van der Waals surface area contributed by atoms with E-state index in [1.807, 2.05) is 12.1 Å². The standard InChI is InChI=1S/C12H6Br2NSe.BrH/c13-7-1-3-9-11(5-7)16-12-6-8(14)2-4-10(12)15-9;/h1-6H;1H/q+1;/p-1. The molecule has 0 N–H and O–H groups in total. The van der Waals surface area contributed by atoms with Crippen LogP contribution >= 0.6 is 31.9 Å². The van der Waals surface area contributed by atoms with Crippen LogP contribution in [0.5, 0.6) is 0 Å². The molecule has 3 aromatic rings. The van der Waals surface area contributed by atoms with Gasteiger partial charge in [0.2, 0.25) is 0 Å². The molecule has 0 saturated carbocycles. The minimum atomic E-state index is 0. The molecule has 0 atom stereocenters. The molecule has 1 aromatic heterocycles. The van der Waals surface area contributed by atoms with Crippen molar-refractivity contribution in [2.24, 2.45) is 0 Å². The predicted octanol–water partition coefficient (Wildman–Crippen LogP) is 1.26. The Balaban J connectivity index is 0.00000108. The second-order valence-corrected chi connectivity index (χ2v) is 7.54. The molecule has 0 aliphatic heterocycles. The summed E-state index contributed by atoms with van der Waals surface area (Å²) in [5.41, 5.74) is 2.22. The molecule has 2 aromatic carbocycles. The molecule has 0 unspecified atom stereocenters. The third kappa shape index (κ3) is 2.79. The maximum atomic E-state index is 4.67. The van der Waals surface area contributed by atoms with Gasteiger partial charge in [-0.15, -0.1) is 0 Å². The van der Waals surface area contributed by atoms with Gasteiger partial charge in [-0.25, -0.2) is 0 Å². The van der Waals surface area contributed by atoms with Crippen LogP contribution in [0.1, 0.15) is 0 Å². The van der Waals surface area contributed by atoms with Crippen LogP contribution in [0.15, 0.2) is 45.3 Å². The molecule has 1 heterocycles. The zero-order valence-electron chi connectivity index (χ0n) is 8.45. The average molecular weight is 483 g/mol. The van der Waals surface area contributed by atoms with Crippen molar-refractivity contribution in [2.75, 3.05) is 0 Å². The van der Waals surface area contributed by atoms with E-state index in [-0.39, 0.29) is 17.0 Å². The summed E-state index contributed by atoms with van der Waals surface area (Å²) in [7, 11) is 0. The molecule has 0 saturated heterocycles. The third-order valence-electron chi connectivity index (χ3n) is 2.30. The van der Waals surface area contributed by atoms with Gasteiger partial charge in [-0.1, -0.05) is 0 Å². The van der Waals surface area contributed by atoms with E-state index in [1.54, 1.807) is 0 Å². The molecule has 0 radical (unpaired) electrons. The van der Waals surface area contributed by atoms with Gasteiger partial charge in [-0.3, -0.25) is 0 Å². The van der Waals surface area contributed by atoms with Gasteiger partial charge in [0, 0.05) is 0 Å². The van der Waals surface area contributed by atoms with Crippen molar-refractivity contribution >= 4 is 65.9 Å². The number of hydrogen-bond acceptors (Lipinski definition) is 1. The van der Waals surface area contributed by atoms with Gasteiger partial charge in [0.15, 0.2) is 0 Å². The van der Waals surface area contributed by atoms with Crippen LogP contribution in [0.4, 0.5) is 0 Å². The molecule has 0 aliphatic carbocycles. The Morgan fingerprint density at radius 2 is 1.29 bits per heavy atom. The van der Waals surface area contributed by atoms with Crippen molar-refractivity contribution in [3.05, 3.63) is 45.3 Å². The molecule has 0 amide bonds. The summed E-state index contributed by atoms with van der Waals surface area (Å²) in [5, 5.41) is 0. The van der Waals surface area contributed by atoms with Crippen LogP contribution in [-0.2, 0) is 0 Å². The zero-order chi connectivity index (χ0) is 11.1. The van der Waals surface area contributed by atoms with Crippen LogP contribution in [0.25, 0.3) is 19.6 Å². The van der Waals surface area contributed by atoms with E-state index in [9.17, 15) is 0 Å². The maximum Gasteiger partial charge on any atom is -1.00 e. The fraction of sp³-hybridized carbons (Fsp3) is 0. The van der Waals surface area contributed by atoms with Gasteiger partial charge in [0.05, 0.1) is 0 Å². The minimum absolute atomic E-state index is 0. The summed E-state index contributed by atoms with van der Waals surface area (Å²) in [6, 6.07) is 12.6. The van der Waals surface area contributed by atoms with E-state index in [2.05, 4.69) is 61.1 Å². The number of hydrogen-bond donors (Lipinski definition) is 0. The van der Waals surface area contributed by atoms with Crippen LogP contribution in [0, 0.1) is 0 Å². The van der Waals surface area contributed by atoms with Gasteiger partial charge in [0.25, 0.3) is 0 Å². The van der Waals surface area contributed by atoms with Crippen molar-refractivity contribution in [3.8, 4) is 0 Å². The summed E-state index contributed by atoms with van der Waals surface area (Å²) in [5.74, 6) is 0. The van der Waals surface area contributed by atoms with Gasteiger partial charge in [-0.05, 0) is 0 Å². The van der Waals surface area contributed by atoms with E-state index in [0.29, 0.717) is 14.5 Å². The van der Waals surface area contributed by atoms with Gasteiger partial charge >= 0.3 is 116 Å². The van der Waals surface area contributed by atoms with E-state index < -0.39 is 0 Å². The van der Waals surface area contributed by atoms with Crippen molar-refractivity contribution in [1.82, 2.24) is 4.98 Å². The second-order valence-electron chi connectivity index (χ2n) is 3.44. The Kier molecular flexibility index (Phi) is 4.37. The molecule has 86 valence electrons. The zero-order valence-corrected chi connectivity index (χ0v) is 14.9. The van der Waals surface area contributed by atoms with Crippen molar-refractivity contribution in [2.45, 2.75) is 0 Å². The van der Waals surface area contributed by atoms with Crippen LogP contribution in [-0.4, -0.2) is 19.5 Å². The van der Waals surface area contributed by atoms with Crippen LogP contribution < -0.4 is 17.0 Å². The number of fused-ring (bicyclic) bond motifs is 2. The first-order valence-electron chi connectivity index (χ1n) is 4.71. The molecule has 0 fully saturated rings. The minimum Gasteiger partial charge on any atom is -1.00 e. The molecular weight excluding hydrogens is 477 g/mol. The molecule has 0 aliphatic rings. The summed E-state index contributed by atoms with van der Waals surface area (Å²) >= 11 is 7.35. The molecule has 3 rings (SSSR count). The van der Waals surface area contributed by atoms with Crippen molar-refractivity contribution in [1.29, 1.82) is 0 Å². The van der Waals surface area contributed by atoms with E-state index >= 15 is 0 Å². The first-order valence-corrected chi connectivity index (χ1v) is 8.01. The number of benzene rings is 2. The number of nitrogens with zero attached hydrogens (tertiary/aromatic N) is 1. The van der Waals surface area contributed by atoms with Crippen LogP contribution in [0.2, 0.25) is 0 Å². The largest absolute Gasteiger partial charge is 1.00 e. The Morgan fingerprint density at radius 1 is 0.824 bits per heavy atom. The number of rotatable bonds is 0. The topological polar surface area (TPSA) is 12.9 Å².